The third-order valence-corrected chi connectivity index (χ3v) is 12.5. The lowest BCUT2D eigenvalue weighted by atomic mass is 10.0. The maximum absolute atomic E-state index is 12.8. The summed E-state index contributed by atoms with van der Waals surface area (Å²) in [5, 5.41) is 0. The molecule has 0 saturated heterocycles. The molecule has 71 heavy (non-hydrogen) atoms. The van der Waals surface area contributed by atoms with Gasteiger partial charge in [-0.2, -0.15) is 0 Å². The Morgan fingerprint density at radius 2 is 0.803 bits per heavy atom. The predicted molar refractivity (Wildman–Crippen MR) is 300 cm³/mol. The standard InChI is InChI=1S/C61H104NO8P/c1-6-8-10-12-14-16-18-20-22-24-25-26-27-28-29-30-31-32-33-34-35-36-37-38-40-42-44-46-48-50-52-54-61(64)70-59(58-69-71(65,66)68-56-55-62(3,4)5)57-67-60(63)53-51-49-47-45-43-41-39-23-21-19-17-15-13-11-9-7-2/h8,10,14,16,20,22,25-26,28-29,31-32,34-35,37-38,42,44,59H,6-7,9,11-13,15,17-19,21,23-24,27,30,33,36,39-41,43,45-58H2,1-5H3/b10-8-,16-14-,22-20-,26-25-,29-28-,32-31-,35-34-,38-37-,44-42-. The lowest BCUT2D eigenvalue weighted by Gasteiger charge is -2.28. The summed E-state index contributed by atoms with van der Waals surface area (Å²) < 4.78 is 34.1. The van der Waals surface area contributed by atoms with Crippen LogP contribution in [0.1, 0.15) is 213 Å². The number of nitrogens with zero attached hydrogens (tertiary/aromatic N) is 1. The maximum atomic E-state index is 12.8. The number of esters is 2. The van der Waals surface area contributed by atoms with Gasteiger partial charge in [-0.1, -0.05) is 226 Å². The second-order valence-electron chi connectivity index (χ2n) is 19.6. The van der Waals surface area contributed by atoms with Crippen LogP contribution in [-0.2, 0) is 32.7 Å². The molecule has 0 aromatic carbocycles. The molecule has 406 valence electrons. The lowest BCUT2D eigenvalue weighted by Crippen LogP contribution is -2.37. The molecule has 0 saturated carbocycles. The summed E-state index contributed by atoms with van der Waals surface area (Å²) in [6, 6.07) is 0. The number of carbonyl (C=O) groups excluding carboxylic acids is 2. The Hall–Kier alpha value is -3.33. The number of hydrogen-bond acceptors (Lipinski definition) is 8. The van der Waals surface area contributed by atoms with Gasteiger partial charge in [0, 0.05) is 12.8 Å². The number of phosphoric ester groups is 1. The summed E-state index contributed by atoms with van der Waals surface area (Å²) >= 11 is 0. The van der Waals surface area contributed by atoms with Crippen LogP contribution in [0.25, 0.3) is 0 Å². The number of phosphoric acid groups is 1. The van der Waals surface area contributed by atoms with Crippen LogP contribution in [0.3, 0.4) is 0 Å². The average Bonchev–Trinajstić information content (AvgIpc) is 3.33. The monoisotopic (exact) mass is 1010 g/mol. The van der Waals surface area contributed by atoms with Gasteiger partial charge in [-0.15, -0.1) is 0 Å². The van der Waals surface area contributed by atoms with Crippen molar-refractivity contribution in [2.75, 3.05) is 47.5 Å². The third-order valence-electron chi connectivity index (χ3n) is 11.6. The lowest BCUT2D eigenvalue weighted by molar-refractivity contribution is -0.870. The quantitative estimate of drug-likeness (QED) is 0.0195. The topological polar surface area (TPSA) is 111 Å². The van der Waals surface area contributed by atoms with Crippen molar-refractivity contribution in [3.05, 3.63) is 109 Å². The van der Waals surface area contributed by atoms with Crippen molar-refractivity contribution in [3.63, 3.8) is 0 Å². The van der Waals surface area contributed by atoms with Gasteiger partial charge in [0.1, 0.15) is 19.8 Å². The van der Waals surface area contributed by atoms with E-state index in [1.54, 1.807) is 0 Å². The van der Waals surface area contributed by atoms with Gasteiger partial charge in [0.25, 0.3) is 7.82 Å². The van der Waals surface area contributed by atoms with Gasteiger partial charge in [-0.05, 0) is 83.5 Å². The van der Waals surface area contributed by atoms with E-state index in [1.807, 2.05) is 21.1 Å². The number of likely N-dealkylation sites (N-methyl/N-ethyl adjacent to an activating group) is 1. The Bertz CT molecular complexity index is 1570. The van der Waals surface area contributed by atoms with E-state index in [9.17, 15) is 19.0 Å². The summed E-state index contributed by atoms with van der Waals surface area (Å²) in [6.45, 7) is 4.08. The van der Waals surface area contributed by atoms with E-state index in [2.05, 4.69) is 123 Å². The van der Waals surface area contributed by atoms with E-state index < -0.39 is 32.5 Å². The number of ether oxygens (including phenoxy) is 2. The molecule has 2 atom stereocenters. The molecule has 0 aromatic rings. The highest BCUT2D eigenvalue weighted by molar-refractivity contribution is 7.45. The molecule has 0 N–H and O–H groups in total. The van der Waals surface area contributed by atoms with E-state index >= 15 is 0 Å². The zero-order chi connectivity index (χ0) is 52.0. The number of hydrogen-bond donors (Lipinski definition) is 0. The first-order chi connectivity index (χ1) is 34.5. The molecule has 0 fully saturated rings. The molecule has 0 spiro atoms. The minimum atomic E-state index is -4.65. The summed E-state index contributed by atoms with van der Waals surface area (Å²) in [6.07, 6.45) is 71.3. The van der Waals surface area contributed by atoms with Gasteiger partial charge in [0.15, 0.2) is 6.10 Å². The fraction of sp³-hybridized carbons (Fsp3) is 0.672. The zero-order valence-corrected chi connectivity index (χ0v) is 46.8. The number of quaternary nitrogens is 1. The van der Waals surface area contributed by atoms with Crippen LogP contribution in [0.5, 0.6) is 0 Å². The highest BCUT2D eigenvalue weighted by Crippen LogP contribution is 2.38. The molecule has 9 nitrogen and oxygen atoms in total. The molecule has 0 bridgehead atoms. The largest absolute Gasteiger partial charge is 0.756 e. The number of allylic oxidation sites excluding steroid dienone is 18. The van der Waals surface area contributed by atoms with E-state index in [-0.39, 0.29) is 26.1 Å². The van der Waals surface area contributed by atoms with Gasteiger partial charge in [-0.3, -0.25) is 14.2 Å². The van der Waals surface area contributed by atoms with Crippen molar-refractivity contribution in [3.8, 4) is 0 Å². The highest BCUT2D eigenvalue weighted by Gasteiger charge is 2.21. The maximum Gasteiger partial charge on any atom is 0.306 e. The number of rotatable bonds is 50. The van der Waals surface area contributed by atoms with Crippen molar-refractivity contribution in [2.45, 2.75) is 219 Å². The Morgan fingerprint density at radius 3 is 1.20 bits per heavy atom. The van der Waals surface area contributed by atoms with E-state index in [0.29, 0.717) is 17.4 Å². The number of unbranched alkanes of at least 4 members (excludes halogenated alkanes) is 18. The van der Waals surface area contributed by atoms with Crippen LogP contribution in [0.4, 0.5) is 0 Å². The third kappa shape index (κ3) is 55.8. The van der Waals surface area contributed by atoms with E-state index in [4.69, 9.17) is 18.5 Å². The van der Waals surface area contributed by atoms with Crippen LogP contribution in [0, 0.1) is 0 Å². The molecule has 0 amide bonds. The highest BCUT2D eigenvalue weighted by atomic mass is 31.2. The molecule has 0 aromatic heterocycles. The van der Waals surface area contributed by atoms with Gasteiger partial charge in [-0.25, -0.2) is 0 Å². The Labute approximate surface area is 436 Å². The molecule has 0 aliphatic carbocycles. The van der Waals surface area contributed by atoms with Crippen molar-refractivity contribution in [2.24, 2.45) is 0 Å². The molecular weight excluding hydrogens is 906 g/mol. The molecular formula is C61H104NO8P. The van der Waals surface area contributed by atoms with Crippen molar-refractivity contribution < 1.29 is 42.1 Å². The molecule has 0 aliphatic rings. The van der Waals surface area contributed by atoms with Gasteiger partial charge in [0.05, 0.1) is 27.7 Å². The second-order valence-corrected chi connectivity index (χ2v) is 21.0. The Balaban J connectivity index is 4.29. The first-order valence-electron chi connectivity index (χ1n) is 28.1. The van der Waals surface area contributed by atoms with Crippen LogP contribution >= 0.6 is 7.82 Å². The average molecular weight is 1010 g/mol. The molecule has 0 rings (SSSR count). The summed E-state index contributed by atoms with van der Waals surface area (Å²) in [4.78, 5) is 37.8. The first kappa shape index (κ1) is 67.7. The molecule has 2 unspecified atom stereocenters. The smallest absolute Gasteiger partial charge is 0.306 e. The van der Waals surface area contributed by atoms with E-state index in [1.165, 1.54) is 83.5 Å². The Morgan fingerprint density at radius 1 is 0.451 bits per heavy atom. The Kier molecular flexibility index (Phi) is 49.1. The van der Waals surface area contributed by atoms with Crippen molar-refractivity contribution in [1.82, 2.24) is 0 Å². The van der Waals surface area contributed by atoms with Gasteiger partial charge >= 0.3 is 11.9 Å². The molecule has 10 heteroatoms. The fourth-order valence-corrected chi connectivity index (χ4v) is 7.96. The normalized spacial score (nSPS) is 14.2. The fourth-order valence-electron chi connectivity index (χ4n) is 7.24. The summed E-state index contributed by atoms with van der Waals surface area (Å²) in [7, 11) is 1.13. The van der Waals surface area contributed by atoms with Crippen LogP contribution in [-0.4, -0.2) is 70.0 Å². The van der Waals surface area contributed by atoms with E-state index in [0.717, 1.165) is 96.3 Å². The summed E-state index contributed by atoms with van der Waals surface area (Å²) in [5.41, 5.74) is 0. The van der Waals surface area contributed by atoms with Gasteiger partial charge < -0.3 is 27.9 Å². The van der Waals surface area contributed by atoms with Crippen LogP contribution < -0.4 is 4.89 Å². The van der Waals surface area contributed by atoms with Gasteiger partial charge in [0.2, 0.25) is 0 Å². The molecule has 0 radical (unpaired) electrons. The summed E-state index contributed by atoms with van der Waals surface area (Å²) in [5.74, 6) is -0.875. The van der Waals surface area contributed by atoms with Crippen molar-refractivity contribution in [1.29, 1.82) is 0 Å². The second kappa shape index (κ2) is 51.6. The SMILES string of the molecule is CC/C=C\C/C=C\C/C=C\C/C=C\C/C=C\C/C=C\C/C=C\C/C=C\C/C=C\CCCCCC(=O)OC(COC(=O)CCCCCCCCCCCCCCCCCC)COP(=O)([O-])OCC[N+](C)(C)C. The molecule has 0 heterocycles. The minimum Gasteiger partial charge on any atom is -0.756 e. The predicted octanol–water partition coefficient (Wildman–Crippen LogP) is 16.8. The minimum absolute atomic E-state index is 0.0423. The van der Waals surface area contributed by atoms with Crippen LogP contribution in [0.2, 0.25) is 0 Å². The first-order valence-corrected chi connectivity index (χ1v) is 29.6. The van der Waals surface area contributed by atoms with Crippen molar-refractivity contribution >= 4 is 19.8 Å². The number of carbonyl (C=O) groups is 2. The molecule has 0 aliphatic heterocycles. The van der Waals surface area contributed by atoms with Crippen LogP contribution in [0.15, 0.2) is 109 Å². The zero-order valence-electron chi connectivity index (χ0n) is 45.9.